The molecule has 0 spiro atoms. The summed E-state index contributed by atoms with van der Waals surface area (Å²) in [6, 6.07) is 5.97. The topological polar surface area (TPSA) is 84.7 Å². The van der Waals surface area contributed by atoms with Crippen LogP contribution in [-0.2, 0) is 4.79 Å². The lowest BCUT2D eigenvalue weighted by atomic mass is 10.2. The van der Waals surface area contributed by atoms with E-state index >= 15 is 0 Å². The molecule has 1 saturated heterocycles. The van der Waals surface area contributed by atoms with Gasteiger partial charge < -0.3 is 15.0 Å². The van der Waals surface area contributed by atoms with Gasteiger partial charge in [-0.2, -0.15) is 0 Å². The highest BCUT2D eigenvalue weighted by Crippen LogP contribution is 2.17. The zero-order valence-electron chi connectivity index (χ0n) is 13.1. The normalized spacial score (nSPS) is 16.5. The fourth-order valence-electron chi connectivity index (χ4n) is 2.55. The lowest BCUT2D eigenvalue weighted by molar-refractivity contribution is -0.384. The number of carbonyl (C=O) groups is 1. The van der Waals surface area contributed by atoms with E-state index in [4.69, 9.17) is 4.74 Å². The standard InChI is InChI=1S/C15H21N3O4.ClH/c1-2-9-17(13-7-8-16-10-13)15(19)11-22-14-5-3-12(4-6-14)18(20)21;/h3-6,13,16H,2,7-11H2,1H3;1H. The average molecular weight is 344 g/mol. The summed E-state index contributed by atoms with van der Waals surface area (Å²) in [6.07, 6.45) is 1.86. The monoisotopic (exact) mass is 343 g/mol. The first-order valence-corrected chi connectivity index (χ1v) is 7.49. The maximum absolute atomic E-state index is 12.3. The molecule has 1 atom stereocenters. The third-order valence-electron chi connectivity index (χ3n) is 3.67. The van der Waals surface area contributed by atoms with E-state index in [1.807, 2.05) is 11.8 Å². The SMILES string of the molecule is CCCN(C(=O)COc1ccc([N+](=O)[O-])cc1)C1CCNC1.Cl. The number of nitro benzene ring substituents is 1. The Morgan fingerprint density at radius 2 is 2.13 bits per heavy atom. The lowest BCUT2D eigenvalue weighted by Crippen LogP contribution is -2.44. The first-order valence-electron chi connectivity index (χ1n) is 7.49. The maximum Gasteiger partial charge on any atom is 0.269 e. The molecule has 2 rings (SSSR count). The Labute approximate surface area is 141 Å². The molecule has 1 aromatic rings. The van der Waals surface area contributed by atoms with E-state index in [0.29, 0.717) is 5.75 Å². The molecule has 0 aromatic heterocycles. The molecule has 7 nitrogen and oxygen atoms in total. The minimum Gasteiger partial charge on any atom is -0.484 e. The van der Waals surface area contributed by atoms with Crippen molar-refractivity contribution in [3.05, 3.63) is 34.4 Å². The van der Waals surface area contributed by atoms with E-state index in [1.54, 1.807) is 0 Å². The number of hydrogen-bond acceptors (Lipinski definition) is 5. The summed E-state index contributed by atoms with van der Waals surface area (Å²) in [7, 11) is 0. The van der Waals surface area contributed by atoms with Crippen molar-refractivity contribution >= 4 is 24.0 Å². The van der Waals surface area contributed by atoms with Crippen molar-refractivity contribution in [2.45, 2.75) is 25.8 Å². The van der Waals surface area contributed by atoms with Gasteiger partial charge in [-0.15, -0.1) is 12.4 Å². The second-order valence-electron chi connectivity index (χ2n) is 5.27. The van der Waals surface area contributed by atoms with Crippen LogP contribution in [-0.4, -0.2) is 48.0 Å². The van der Waals surface area contributed by atoms with E-state index in [-0.39, 0.29) is 36.7 Å². The molecule has 1 aliphatic rings. The maximum atomic E-state index is 12.3. The van der Waals surface area contributed by atoms with Crippen LogP contribution in [0.3, 0.4) is 0 Å². The summed E-state index contributed by atoms with van der Waals surface area (Å²) in [5, 5.41) is 13.8. The minimum absolute atomic E-state index is 0. The van der Waals surface area contributed by atoms with Crippen molar-refractivity contribution in [2.24, 2.45) is 0 Å². The molecular weight excluding hydrogens is 322 g/mol. The van der Waals surface area contributed by atoms with E-state index in [1.165, 1.54) is 24.3 Å². The first-order chi connectivity index (χ1) is 10.6. The van der Waals surface area contributed by atoms with Crippen LogP contribution in [0.4, 0.5) is 5.69 Å². The molecule has 23 heavy (non-hydrogen) atoms. The quantitative estimate of drug-likeness (QED) is 0.604. The molecule has 0 saturated carbocycles. The highest BCUT2D eigenvalue weighted by molar-refractivity contribution is 5.85. The van der Waals surface area contributed by atoms with Gasteiger partial charge in [0, 0.05) is 31.3 Å². The van der Waals surface area contributed by atoms with Gasteiger partial charge in [-0.05, 0) is 31.5 Å². The average Bonchev–Trinajstić information content (AvgIpc) is 3.04. The molecule has 1 aliphatic heterocycles. The Hall–Kier alpha value is -1.86. The number of non-ortho nitro benzene ring substituents is 1. The molecule has 128 valence electrons. The van der Waals surface area contributed by atoms with Crippen LogP contribution in [0.5, 0.6) is 5.75 Å². The van der Waals surface area contributed by atoms with Gasteiger partial charge in [0.25, 0.3) is 11.6 Å². The summed E-state index contributed by atoms with van der Waals surface area (Å²) in [4.78, 5) is 24.3. The van der Waals surface area contributed by atoms with E-state index in [9.17, 15) is 14.9 Å². The van der Waals surface area contributed by atoms with E-state index in [0.717, 1.165) is 32.5 Å². The van der Waals surface area contributed by atoms with Crippen molar-refractivity contribution in [1.82, 2.24) is 10.2 Å². The van der Waals surface area contributed by atoms with Crippen LogP contribution >= 0.6 is 12.4 Å². The fourth-order valence-corrected chi connectivity index (χ4v) is 2.55. The number of hydrogen-bond donors (Lipinski definition) is 1. The Morgan fingerprint density at radius 3 is 2.65 bits per heavy atom. The number of rotatable bonds is 7. The summed E-state index contributed by atoms with van der Waals surface area (Å²) in [6.45, 7) is 4.47. The minimum atomic E-state index is -0.467. The highest BCUT2D eigenvalue weighted by Gasteiger charge is 2.25. The van der Waals surface area contributed by atoms with Gasteiger partial charge in [-0.25, -0.2) is 0 Å². The van der Waals surface area contributed by atoms with Crippen molar-refractivity contribution in [2.75, 3.05) is 26.2 Å². The number of halogens is 1. The summed E-state index contributed by atoms with van der Waals surface area (Å²) >= 11 is 0. The molecule has 1 amide bonds. The third-order valence-corrected chi connectivity index (χ3v) is 3.67. The molecule has 1 N–H and O–H groups in total. The molecule has 0 bridgehead atoms. The molecule has 1 unspecified atom stereocenters. The second-order valence-corrected chi connectivity index (χ2v) is 5.27. The largest absolute Gasteiger partial charge is 0.484 e. The van der Waals surface area contributed by atoms with Gasteiger partial charge >= 0.3 is 0 Å². The lowest BCUT2D eigenvalue weighted by Gasteiger charge is -2.28. The molecule has 8 heteroatoms. The predicted octanol–water partition coefficient (Wildman–Crippen LogP) is 2.00. The molecule has 0 radical (unpaired) electrons. The second kappa shape index (κ2) is 9.32. The van der Waals surface area contributed by atoms with Crippen LogP contribution < -0.4 is 10.1 Å². The van der Waals surface area contributed by atoms with Crippen molar-refractivity contribution < 1.29 is 14.5 Å². The van der Waals surface area contributed by atoms with Gasteiger partial charge in [0.2, 0.25) is 0 Å². The molecular formula is C15H22ClN3O4. The van der Waals surface area contributed by atoms with Gasteiger partial charge in [0.15, 0.2) is 6.61 Å². The van der Waals surface area contributed by atoms with Crippen molar-refractivity contribution in [3.63, 3.8) is 0 Å². The Bertz CT molecular complexity index is 518. The number of nitrogens with zero attached hydrogens (tertiary/aromatic N) is 2. The van der Waals surface area contributed by atoms with Crippen LogP contribution in [0.2, 0.25) is 0 Å². The summed E-state index contributed by atoms with van der Waals surface area (Å²) < 4.78 is 5.46. The fraction of sp³-hybridized carbons (Fsp3) is 0.533. The molecule has 1 heterocycles. The van der Waals surface area contributed by atoms with Crippen molar-refractivity contribution in [3.8, 4) is 5.75 Å². The predicted molar refractivity (Wildman–Crippen MR) is 89.1 cm³/mol. The Morgan fingerprint density at radius 1 is 1.43 bits per heavy atom. The third kappa shape index (κ3) is 5.37. The van der Waals surface area contributed by atoms with Crippen LogP contribution in [0, 0.1) is 10.1 Å². The van der Waals surface area contributed by atoms with Gasteiger partial charge in [0.1, 0.15) is 5.75 Å². The van der Waals surface area contributed by atoms with Crippen LogP contribution in [0.25, 0.3) is 0 Å². The molecule has 1 aromatic carbocycles. The zero-order chi connectivity index (χ0) is 15.9. The number of benzene rings is 1. The van der Waals surface area contributed by atoms with Crippen LogP contribution in [0.1, 0.15) is 19.8 Å². The zero-order valence-corrected chi connectivity index (χ0v) is 13.9. The van der Waals surface area contributed by atoms with Crippen LogP contribution in [0.15, 0.2) is 24.3 Å². The Kier molecular flexibility index (Phi) is 7.77. The smallest absolute Gasteiger partial charge is 0.269 e. The van der Waals surface area contributed by atoms with Crippen molar-refractivity contribution in [1.29, 1.82) is 0 Å². The van der Waals surface area contributed by atoms with Gasteiger partial charge in [0.05, 0.1) is 4.92 Å². The van der Waals surface area contributed by atoms with E-state index in [2.05, 4.69) is 5.32 Å². The first kappa shape index (κ1) is 19.2. The van der Waals surface area contributed by atoms with Gasteiger partial charge in [-0.1, -0.05) is 6.92 Å². The summed E-state index contributed by atoms with van der Waals surface area (Å²) in [5.74, 6) is 0.411. The summed E-state index contributed by atoms with van der Waals surface area (Å²) in [5.41, 5.74) is 0.00307. The number of carbonyl (C=O) groups excluding carboxylic acids is 1. The number of nitrogens with one attached hydrogen (secondary N) is 1. The molecule has 0 aliphatic carbocycles. The Balaban J connectivity index is 0.00000264. The number of amides is 1. The number of ether oxygens (including phenoxy) is 1. The molecule has 1 fully saturated rings. The van der Waals surface area contributed by atoms with Gasteiger partial charge in [-0.3, -0.25) is 14.9 Å². The highest BCUT2D eigenvalue weighted by atomic mass is 35.5. The number of nitro groups is 1. The van der Waals surface area contributed by atoms with E-state index < -0.39 is 4.92 Å².